The van der Waals surface area contributed by atoms with Gasteiger partial charge >= 0.3 is 0 Å². The first-order chi connectivity index (χ1) is 8.11. The van der Waals surface area contributed by atoms with Crippen LogP contribution in [0.2, 0.25) is 0 Å². The van der Waals surface area contributed by atoms with Gasteiger partial charge in [-0.25, -0.2) is 0 Å². The van der Waals surface area contributed by atoms with E-state index >= 15 is 0 Å². The van der Waals surface area contributed by atoms with E-state index < -0.39 is 0 Å². The summed E-state index contributed by atoms with van der Waals surface area (Å²) in [6.07, 6.45) is 11.5. The number of hydrogen-bond acceptors (Lipinski definition) is 1. The molecule has 0 aromatic heterocycles. The predicted molar refractivity (Wildman–Crippen MR) is 77.1 cm³/mol. The topological polar surface area (TPSA) is 20.2 Å². The molecule has 0 aromatic carbocycles. The summed E-state index contributed by atoms with van der Waals surface area (Å²) in [5.41, 5.74) is 0. The molecule has 1 heteroatoms. The Balaban J connectivity index is 3.51. The lowest BCUT2D eigenvalue weighted by atomic mass is 9.89. The average Bonchev–Trinajstić information content (AvgIpc) is 2.30. The Morgan fingerprint density at radius 1 is 1.06 bits per heavy atom. The molecular weight excluding hydrogens is 208 g/mol. The number of allylic oxidation sites excluding steroid dienone is 1. The van der Waals surface area contributed by atoms with Crippen LogP contribution >= 0.6 is 0 Å². The highest BCUT2D eigenvalue weighted by molar-refractivity contribution is 4.83. The molecule has 0 rings (SSSR count). The van der Waals surface area contributed by atoms with E-state index in [9.17, 15) is 5.11 Å². The zero-order chi connectivity index (χ0) is 13.1. The van der Waals surface area contributed by atoms with Gasteiger partial charge in [0.25, 0.3) is 0 Å². The van der Waals surface area contributed by atoms with Gasteiger partial charge in [-0.1, -0.05) is 65.4 Å². The van der Waals surface area contributed by atoms with Crippen LogP contribution in [0.25, 0.3) is 0 Å². The second kappa shape index (κ2) is 10.8. The zero-order valence-electron chi connectivity index (χ0n) is 12.1. The first kappa shape index (κ1) is 16.7. The van der Waals surface area contributed by atoms with Crippen LogP contribution in [0, 0.1) is 11.8 Å². The summed E-state index contributed by atoms with van der Waals surface area (Å²) in [7, 11) is 0. The molecule has 0 heterocycles. The fraction of sp³-hybridized carbons (Fsp3) is 0.875. The lowest BCUT2D eigenvalue weighted by Gasteiger charge is -2.20. The lowest BCUT2D eigenvalue weighted by Crippen LogP contribution is -2.16. The van der Waals surface area contributed by atoms with Crippen molar-refractivity contribution in [1.82, 2.24) is 0 Å². The summed E-state index contributed by atoms with van der Waals surface area (Å²) in [5, 5.41) is 9.95. The van der Waals surface area contributed by atoms with Gasteiger partial charge in [0.1, 0.15) is 0 Å². The minimum atomic E-state index is -0.133. The van der Waals surface area contributed by atoms with Crippen molar-refractivity contribution < 1.29 is 5.11 Å². The smallest absolute Gasteiger partial charge is 0.0546 e. The van der Waals surface area contributed by atoms with E-state index in [2.05, 4.69) is 27.4 Å². The van der Waals surface area contributed by atoms with Gasteiger partial charge in [0, 0.05) is 0 Å². The van der Waals surface area contributed by atoms with Crippen LogP contribution in [0.4, 0.5) is 0 Å². The Morgan fingerprint density at radius 3 is 2.18 bits per heavy atom. The van der Waals surface area contributed by atoms with Crippen molar-refractivity contribution in [3.05, 3.63) is 12.7 Å². The van der Waals surface area contributed by atoms with Crippen LogP contribution in [0.3, 0.4) is 0 Å². The molecule has 2 unspecified atom stereocenters. The van der Waals surface area contributed by atoms with Crippen LogP contribution < -0.4 is 0 Å². The molecule has 0 aliphatic rings. The summed E-state index contributed by atoms with van der Waals surface area (Å²) < 4.78 is 0. The Labute approximate surface area is 108 Å². The van der Waals surface area contributed by atoms with Crippen molar-refractivity contribution in [2.24, 2.45) is 11.8 Å². The average molecular weight is 240 g/mol. The Kier molecular flexibility index (Phi) is 10.6. The highest BCUT2D eigenvalue weighted by atomic mass is 16.3. The quantitative estimate of drug-likeness (QED) is 0.400. The van der Waals surface area contributed by atoms with Gasteiger partial charge in [-0.3, -0.25) is 0 Å². The number of aliphatic hydroxyl groups excluding tert-OH is 1. The van der Waals surface area contributed by atoms with E-state index in [1.807, 2.05) is 6.08 Å². The Bertz CT molecular complexity index is 174. The molecule has 0 radical (unpaired) electrons. The molecule has 0 aliphatic carbocycles. The SMILES string of the molecule is C=CC(CC(O)CCCCCCCC)C(C)C. The lowest BCUT2D eigenvalue weighted by molar-refractivity contribution is 0.129. The van der Waals surface area contributed by atoms with E-state index in [1.54, 1.807) is 0 Å². The highest BCUT2D eigenvalue weighted by Crippen LogP contribution is 2.20. The van der Waals surface area contributed by atoms with Crippen LogP contribution in [-0.4, -0.2) is 11.2 Å². The molecule has 2 atom stereocenters. The van der Waals surface area contributed by atoms with Crippen molar-refractivity contribution in [2.45, 2.75) is 78.2 Å². The molecule has 0 bridgehead atoms. The number of aliphatic hydroxyl groups is 1. The molecule has 102 valence electrons. The summed E-state index contributed by atoms with van der Waals surface area (Å²) in [6, 6.07) is 0. The van der Waals surface area contributed by atoms with Gasteiger partial charge in [-0.05, 0) is 24.7 Å². The third-order valence-corrected chi connectivity index (χ3v) is 3.59. The third kappa shape index (κ3) is 9.41. The van der Waals surface area contributed by atoms with E-state index in [4.69, 9.17) is 0 Å². The Hall–Kier alpha value is -0.300. The zero-order valence-corrected chi connectivity index (χ0v) is 12.1. The number of unbranched alkanes of at least 4 members (excludes halogenated alkanes) is 5. The predicted octanol–water partition coefficient (Wildman–Crippen LogP) is 4.95. The Morgan fingerprint density at radius 2 is 1.65 bits per heavy atom. The maximum absolute atomic E-state index is 9.95. The summed E-state index contributed by atoms with van der Waals surface area (Å²) in [5.74, 6) is 1.05. The normalized spacial score (nSPS) is 14.9. The fourth-order valence-corrected chi connectivity index (χ4v) is 2.23. The van der Waals surface area contributed by atoms with Crippen molar-refractivity contribution in [3.8, 4) is 0 Å². The molecule has 0 aromatic rings. The molecule has 1 nitrogen and oxygen atoms in total. The van der Waals surface area contributed by atoms with Gasteiger partial charge < -0.3 is 5.11 Å². The van der Waals surface area contributed by atoms with Crippen molar-refractivity contribution in [2.75, 3.05) is 0 Å². The van der Waals surface area contributed by atoms with E-state index in [-0.39, 0.29) is 6.10 Å². The highest BCUT2D eigenvalue weighted by Gasteiger charge is 2.14. The van der Waals surface area contributed by atoms with Gasteiger partial charge in [0.05, 0.1) is 6.10 Å². The van der Waals surface area contributed by atoms with Gasteiger partial charge in [0.15, 0.2) is 0 Å². The molecule has 17 heavy (non-hydrogen) atoms. The van der Waals surface area contributed by atoms with Crippen LogP contribution in [-0.2, 0) is 0 Å². The second-order valence-corrected chi connectivity index (χ2v) is 5.59. The van der Waals surface area contributed by atoms with Crippen molar-refractivity contribution >= 4 is 0 Å². The minimum Gasteiger partial charge on any atom is -0.393 e. The molecule has 0 saturated heterocycles. The largest absolute Gasteiger partial charge is 0.393 e. The van der Waals surface area contributed by atoms with Crippen molar-refractivity contribution in [3.63, 3.8) is 0 Å². The summed E-state index contributed by atoms with van der Waals surface area (Å²) in [6.45, 7) is 10.5. The third-order valence-electron chi connectivity index (χ3n) is 3.59. The maximum Gasteiger partial charge on any atom is 0.0546 e. The van der Waals surface area contributed by atoms with Gasteiger partial charge in [-0.2, -0.15) is 0 Å². The second-order valence-electron chi connectivity index (χ2n) is 5.59. The molecule has 0 amide bonds. The van der Waals surface area contributed by atoms with Crippen LogP contribution in [0.15, 0.2) is 12.7 Å². The standard InChI is InChI=1S/C16H32O/c1-5-7-8-9-10-11-12-16(17)13-15(6-2)14(3)4/h6,14-17H,2,5,7-13H2,1,3-4H3. The van der Waals surface area contributed by atoms with Gasteiger partial charge in [0.2, 0.25) is 0 Å². The summed E-state index contributed by atoms with van der Waals surface area (Å²) in [4.78, 5) is 0. The summed E-state index contributed by atoms with van der Waals surface area (Å²) >= 11 is 0. The van der Waals surface area contributed by atoms with Gasteiger partial charge in [-0.15, -0.1) is 6.58 Å². The monoisotopic (exact) mass is 240 g/mol. The first-order valence-electron chi connectivity index (χ1n) is 7.42. The number of hydrogen-bond donors (Lipinski definition) is 1. The molecular formula is C16H32O. The van der Waals surface area contributed by atoms with Crippen LogP contribution in [0.1, 0.15) is 72.1 Å². The van der Waals surface area contributed by atoms with Crippen molar-refractivity contribution in [1.29, 1.82) is 0 Å². The molecule has 0 aliphatic heterocycles. The van der Waals surface area contributed by atoms with E-state index in [0.29, 0.717) is 11.8 Å². The first-order valence-corrected chi connectivity index (χ1v) is 7.42. The number of rotatable bonds is 11. The van der Waals surface area contributed by atoms with E-state index in [1.165, 1.54) is 38.5 Å². The maximum atomic E-state index is 9.95. The van der Waals surface area contributed by atoms with Crippen LogP contribution in [0.5, 0.6) is 0 Å². The molecule has 0 fully saturated rings. The molecule has 1 N–H and O–H groups in total. The minimum absolute atomic E-state index is 0.133. The van der Waals surface area contributed by atoms with E-state index in [0.717, 1.165) is 12.8 Å². The molecule has 0 spiro atoms. The molecule has 0 saturated carbocycles. The fourth-order valence-electron chi connectivity index (χ4n) is 2.23.